The Morgan fingerprint density at radius 1 is 1.10 bits per heavy atom. The van der Waals surface area contributed by atoms with E-state index in [2.05, 4.69) is 10.3 Å². The number of carbonyl (C=O) groups is 3. The van der Waals surface area contributed by atoms with Gasteiger partial charge in [0.1, 0.15) is 0 Å². The summed E-state index contributed by atoms with van der Waals surface area (Å²) < 4.78 is 0. The highest BCUT2D eigenvalue weighted by atomic mass is 35.5. The van der Waals surface area contributed by atoms with E-state index in [0.717, 1.165) is 18.4 Å². The third-order valence-corrected chi connectivity index (χ3v) is 5.05. The highest BCUT2D eigenvalue weighted by Crippen LogP contribution is 2.31. The lowest BCUT2D eigenvalue weighted by Gasteiger charge is -2.13. The van der Waals surface area contributed by atoms with Crippen molar-refractivity contribution in [3.63, 3.8) is 0 Å². The van der Waals surface area contributed by atoms with E-state index in [9.17, 15) is 14.4 Å². The van der Waals surface area contributed by atoms with Gasteiger partial charge in [-0.05, 0) is 54.7 Å². The molecular weight excluding hydrogens is 415 g/mol. The second-order valence-corrected chi connectivity index (χ2v) is 7.02. The van der Waals surface area contributed by atoms with Gasteiger partial charge in [-0.15, -0.1) is 24.8 Å². The van der Waals surface area contributed by atoms with Gasteiger partial charge in [0.15, 0.2) is 0 Å². The molecule has 2 heterocycles. The van der Waals surface area contributed by atoms with E-state index in [1.807, 2.05) is 0 Å². The number of nitrogens with zero attached hydrogens (tertiary/aromatic N) is 2. The van der Waals surface area contributed by atoms with Crippen molar-refractivity contribution >= 4 is 42.5 Å². The molecule has 7 nitrogen and oxygen atoms in total. The van der Waals surface area contributed by atoms with Crippen molar-refractivity contribution in [2.75, 3.05) is 6.54 Å². The van der Waals surface area contributed by atoms with Gasteiger partial charge >= 0.3 is 0 Å². The zero-order valence-electron chi connectivity index (χ0n) is 15.5. The molecule has 1 fully saturated rings. The van der Waals surface area contributed by atoms with Crippen LogP contribution in [0.2, 0.25) is 0 Å². The quantitative estimate of drug-likeness (QED) is 0.675. The van der Waals surface area contributed by atoms with Gasteiger partial charge in [0.25, 0.3) is 17.7 Å². The number of benzene rings is 1. The fraction of sp³-hybridized carbons (Fsp3) is 0.300. The number of aromatic nitrogens is 1. The van der Waals surface area contributed by atoms with Crippen molar-refractivity contribution < 1.29 is 14.4 Å². The number of hydrogen-bond acceptors (Lipinski definition) is 5. The van der Waals surface area contributed by atoms with E-state index >= 15 is 0 Å². The van der Waals surface area contributed by atoms with Gasteiger partial charge in [0, 0.05) is 30.5 Å². The van der Waals surface area contributed by atoms with Crippen molar-refractivity contribution in [3.05, 3.63) is 65.0 Å². The molecule has 29 heavy (non-hydrogen) atoms. The predicted octanol–water partition coefficient (Wildman–Crippen LogP) is 2.19. The van der Waals surface area contributed by atoms with Crippen LogP contribution in [-0.2, 0) is 6.54 Å². The predicted molar refractivity (Wildman–Crippen MR) is 112 cm³/mol. The van der Waals surface area contributed by atoms with Crippen LogP contribution in [0.25, 0.3) is 0 Å². The SMILES string of the molecule is Cl.Cl.NC(CNC(=O)c1ccc2c(c1)C(=O)N(Cc1ccncc1)C2=O)C1CC1. The summed E-state index contributed by atoms with van der Waals surface area (Å²) in [6.07, 6.45) is 5.45. The fourth-order valence-electron chi connectivity index (χ4n) is 3.25. The standard InChI is InChI=1S/C20H20N4O3.2ClH/c21-17(13-1-2-13)10-23-18(25)14-3-4-15-16(9-14)20(27)24(19(15)26)11-12-5-7-22-8-6-12;;/h3-9,13,17H,1-2,10-11,21H2,(H,23,25);2*1H. The van der Waals surface area contributed by atoms with E-state index in [1.165, 1.54) is 17.0 Å². The van der Waals surface area contributed by atoms with Gasteiger partial charge in [-0.25, -0.2) is 0 Å². The highest BCUT2D eigenvalue weighted by Gasteiger charge is 2.36. The Bertz CT molecular complexity index is 919. The number of nitrogens with two attached hydrogens (primary N) is 1. The van der Waals surface area contributed by atoms with Crippen LogP contribution in [0.15, 0.2) is 42.7 Å². The van der Waals surface area contributed by atoms with Crippen LogP contribution >= 0.6 is 24.8 Å². The molecule has 1 aromatic heterocycles. The number of fused-ring (bicyclic) bond motifs is 1. The Morgan fingerprint density at radius 3 is 2.41 bits per heavy atom. The smallest absolute Gasteiger partial charge is 0.261 e. The van der Waals surface area contributed by atoms with Crippen LogP contribution in [0, 0.1) is 5.92 Å². The third-order valence-electron chi connectivity index (χ3n) is 5.05. The van der Waals surface area contributed by atoms with Gasteiger partial charge in [0.2, 0.25) is 0 Å². The lowest BCUT2D eigenvalue weighted by molar-refractivity contribution is 0.0642. The molecule has 1 atom stereocenters. The molecule has 2 aromatic rings. The molecule has 2 aliphatic rings. The van der Waals surface area contributed by atoms with Crippen molar-refractivity contribution in [2.24, 2.45) is 11.7 Å². The highest BCUT2D eigenvalue weighted by molar-refractivity contribution is 6.22. The molecule has 0 spiro atoms. The number of rotatable bonds is 6. The maximum Gasteiger partial charge on any atom is 0.261 e. The summed E-state index contributed by atoms with van der Waals surface area (Å²) >= 11 is 0. The number of amides is 3. The van der Waals surface area contributed by atoms with E-state index in [4.69, 9.17) is 5.73 Å². The molecular formula is C20H22Cl2N4O3. The monoisotopic (exact) mass is 436 g/mol. The van der Waals surface area contributed by atoms with E-state index in [0.29, 0.717) is 23.6 Å². The molecule has 1 unspecified atom stereocenters. The first-order chi connectivity index (χ1) is 13.0. The molecule has 1 aromatic carbocycles. The van der Waals surface area contributed by atoms with Gasteiger partial charge in [-0.1, -0.05) is 0 Å². The fourth-order valence-corrected chi connectivity index (χ4v) is 3.25. The molecule has 1 aliphatic carbocycles. The Hall–Kier alpha value is -2.48. The molecule has 1 aliphatic heterocycles. The normalized spacial score (nSPS) is 15.8. The molecule has 0 bridgehead atoms. The summed E-state index contributed by atoms with van der Waals surface area (Å²) in [7, 11) is 0. The minimum Gasteiger partial charge on any atom is -0.350 e. The summed E-state index contributed by atoms with van der Waals surface area (Å²) in [6, 6.07) is 8.06. The van der Waals surface area contributed by atoms with Gasteiger partial charge in [-0.3, -0.25) is 24.3 Å². The molecule has 154 valence electrons. The average Bonchev–Trinajstić information content (AvgIpc) is 3.51. The van der Waals surface area contributed by atoms with Crippen LogP contribution in [0.5, 0.6) is 0 Å². The summed E-state index contributed by atoms with van der Waals surface area (Å²) in [5.41, 5.74) is 7.74. The average molecular weight is 437 g/mol. The second-order valence-electron chi connectivity index (χ2n) is 7.02. The number of hydrogen-bond donors (Lipinski definition) is 2. The number of pyridine rings is 1. The van der Waals surface area contributed by atoms with Crippen LogP contribution in [0.4, 0.5) is 0 Å². The first kappa shape index (κ1) is 22.8. The first-order valence-electron chi connectivity index (χ1n) is 8.97. The summed E-state index contributed by atoms with van der Waals surface area (Å²) in [6.45, 7) is 0.578. The van der Waals surface area contributed by atoms with Crippen LogP contribution < -0.4 is 11.1 Å². The zero-order valence-corrected chi connectivity index (χ0v) is 17.2. The van der Waals surface area contributed by atoms with Crippen LogP contribution in [0.3, 0.4) is 0 Å². The summed E-state index contributed by atoms with van der Waals surface area (Å²) in [4.78, 5) is 42.7. The topological polar surface area (TPSA) is 105 Å². The molecule has 0 saturated heterocycles. The number of carbonyl (C=O) groups excluding carboxylic acids is 3. The second kappa shape index (κ2) is 9.35. The molecule has 4 rings (SSSR count). The molecule has 3 amide bonds. The van der Waals surface area contributed by atoms with E-state index < -0.39 is 5.91 Å². The van der Waals surface area contributed by atoms with Crippen LogP contribution in [0.1, 0.15) is 49.5 Å². The van der Waals surface area contributed by atoms with Crippen molar-refractivity contribution in [1.82, 2.24) is 15.2 Å². The van der Waals surface area contributed by atoms with Gasteiger partial charge in [-0.2, -0.15) is 0 Å². The van der Waals surface area contributed by atoms with Crippen molar-refractivity contribution in [1.29, 1.82) is 0 Å². The van der Waals surface area contributed by atoms with Crippen molar-refractivity contribution in [3.8, 4) is 0 Å². The summed E-state index contributed by atoms with van der Waals surface area (Å²) in [5.74, 6) is -0.543. The van der Waals surface area contributed by atoms with Crippen molar-refractivity contribution in [2.45, 2.75) is 25.4 Å². The Morgan fingerprint density at radius 2 is 1.76 bits per heavy atom. The first-order valence-corrected chi connectivity index (χ1v) is 8.97. The number of halogens is 2. The minimum absolute atomic E-state index is 0. The molecule has 3 N–H and O–H groups in total. The maximum atomic E-state index is 12.7. The van der Waals surface area contributed by atoms with E-state index in [-0.39, 0.29) is 54.8 Å². The Kier molecular flexibility index (Phi) is 7.35. The van der Waals surface area contributed by atoms with Gasteiger partial charge < -0.3 is 11.1 Å². The Labute approximate surface area is 180 Å². The lowest BCUT2D eigenvalue weighted by Crippen LogP contribution is -2.38. The van der Waals surface area contributed by atoms with E-state index in [1.54, 1.807) is 30.6 Å². The Balaban J connectivity index is 0.00000150. The number of nitrogens with one attached hydrogen (secondary N) is 1. The summed E-state index contributed by atoms with van der Waals surface area (Å²) in [5, 5.41) is 2.81. The maximum absolute atomic E-state index is 12.7. The molecule has 9 heteroatoms. The third kappa shape index (κ3) is 4.75. The largest absolute Gasteiger partial charge is 0.350 e. The zero-order chi connectivity index (χ0) is 19.0. The van der Waals surface area contributed by atoms with Gasteiger partial charge in [0.05, 0.1) is 17.7 Å². The van der Waals surface area contributed by atoms with Crippen LogP contribution in [-0.4, -0.2) is 40.2 Å². The minimum atomic E-state index is -0.392. The molecule has 0 radical (unpaired) electrons. The number of imide groups is 1. The lowest BCUT2D eigenvalue weighted by atomic mass is 10.1. The molecule has 1 saturated carbocycles.